The molecule has 0 saturated carbocycles. The zero-order valence-electron chi connectivity index (χ0n) is 16.4. The van der Waals surface area contributed by atoms with Gasteiger partial charge in [-0.05, 0) is 57.5 Å². The summed E-state index contributed by atoms with van der Waals surface area (Å²) in [4.78, 5) is 41.7. The van der Waals surface area contributed by atoms with Gasteiger partial charge in [0, 0.05) is 48.3 Å². The van der Waals surface area contributed by atoms with Crippen molar-refractivity contribution in [2.75, 3.05) is 16.8 Å². The molecule has 1 fully saturated rings. The second-order valence-corrected chi connectivity index (χ2v) is 7.05. The summed E-state index contributed by atoms with van der Waals surface area (Å²) in [7, 11) is 0. The van der Waals surface area contributed by atoms with Gasteiger partial charge in [0.05, 0.1) is 0 Å². The van der Waals surface area contributed by atoms with Crippen LogP contribution in [0.2, 0.25) is 0 Å². The van der Waals surface area contributed by atoms with Crippen LogP contribution >= 0.6 is 0 Å². The summed E-state index contributed by atoms with van der Waals surface area (Å²) in [5.74, 6) is 0.127. The first-order valence-electron chi connectivity index (χ1n) is 9.37. The molecule has 148 valence electrons. The lowest BCUT2D eigenvalue weighted by Crippen LogP contribution is -2.35. The standard InChI is InChI=1S/C20H25N5O3/c1-13-12-15(3)24(20(28)22-13)11-10-21-19(27)23-16-5-7-17(8-6-16)25-14(2)4-9-18(25)26/h5-8,12,14H,4,9-11H2,1-3H3,(H2,21,23,27)/t14-/m1/s1. The predicted octanol–water partition coefficient (Wildman–Crippen LogP) is 2.20. The third kappa shape index (κ3) is 4.39. The Morgan fingerprint density at radius 3 is 2.54 bits per heavy atom. The molecule has 2 heterocycles. The van der Waals surface area contributed by atoms with E-state index in [9.17, 15) is 14.4 Å². The number of benzene rings is 1. The molecule has 1 aliphatic rings. The maximum atomic E-state index is 12.1. The van der Waals surface area contributed by atoms with Crippen LogP contribution in [0.5, 0.6) is 0 Å². The van der Waals surface area contributed by atoms with Crippen molar-refractivity contribution in [1.82, 2.24) is 14.9 Å². The van der Waals surface area contributed by atoms with E-state index < -0.39 is 0 Å². The summed E-state index contributed by atoms with van der Waals surface area (Å²) in [6.45, 7) is 6.29. The van der Waals surface area contributed by atoms with Crippen molar-refractivity contribution < 1.29 is 9.59 Å². The molecule has 28 heavy (non-hydrogen) atoms. The predicted molar refractivity (Wildman–Crippen MR) is 108 cm³/mol. The number of aryl methyl sites for hydroxylation is 2. The molecule has 0 unspecified atom stereocenters. The van der Waals surface area contributed by atoms with Gasteiger partial charge in [0.1, 0.15) is 0 Å². The summed E-state index contributed by atoms with van der Waals surface area (Å²) < 4.78 is 1.52. The molecule has 0 radical (unpaired) electrons. The van der Waals surface area contributed by atoms with E-state index in [1.165, 1.54) is 4.57 Å². The lowest BCUT2D eigenvalue weighted by atomic mass is 10.2. The topological polar surface area (TPSA) is 96.3 Å². The van der Waals surface area contributed by atoms with Gasteiger partial charge in [-0.15, -0.1) is 0 Å². The highest BCUT2D eigenvalue weighted by atomic mass is 16.2. The van der Waals surface area contributed by atoms with Crippen molar-refractivity contribution in [2.45, 2.75) is 46.2 Å². The van der Waals surface area contributed by atoms with Gasteiger partial charge in [0.15, 0.2) is 0 Å². The fraction of sp³-hybridized carbons (Fsp3) is 0.400. The van der Waals surface area contributed by atoms with E-state index in [1.54, 1.807) is 24.0 Å². The first-order chi connectivity index (χ1) is 13.3. The molecule has 1 aromatic carbocycles. The van der Waals surface area contributed by atoms with E-state index in [0.29, 0.717) is 30.9 Å². The molecule has 0 bridgehead atoms. The number of aromatic nitrogens is 2. The van der Waals surface area contributed by atoms with Crippen molar-refractivity contribution in [1.29, 1.82) is 0 Å². The number of anilines is 2. The van der Waals surface area contributed by atoms with Crippen LogP contribution in [0.1, 0.15) is 31.2 Å². The quantitative estimate of drug-likeness (QED) is 0.827. The van der Waals surface area contributed by atoms with E-state index in [0.717, 1.165) is 17.8 Å². The van der Waals surface area contributed by atoms with Gasteiger partial charge in [0.25, 0.3) is 0 Å². The van der Waals surface area contributed by atoms with E-state index >= 15 is 0 Å². The number of nitrogens with zero attached hydrogens (tertiary/aromatic N) is 3. The lowest BCUT2D eigenvalue weighted by Gasteiger charge is -2.22. The van der Waals surface area contributed by atoms with Crippen LogP contribution in [-0.2, 0) is 11.3 Å². The first kappa shape index (κ1) is 19.6. The van der Waals surface area contributed by atoms with Crippen molar-refractivity contribution in [2.24, 2.45) is 0 Å². The fourth-order valence-corrected chi connectivity index (χ4v) is 3.43. The number of nitrogens with one attached hydrogen (secondary N) is 2. The Balaban J connectivity index is 1.53. The van der Waals surface area contributed by atoms with Gasteiger partial charge in [-0.2, -0.15) is 4.98 Å². The number of urea groups is 1. The molecule has 2 aromatic rings. The van der Waals surface area contributed by atoms with Crippen LogP contribution in [0.15, 0.2) is 35.1 Å². The Morgan fingerprint density at radius 2 is 1.93 bits per heavy atom. The van der Waals surface area contributed by atoms with E-state index in [2.05, 4.69) is 15.6 Å². The van der Waals surface area contributed by atoms with Crippen LogP contribution in [0.4, 0.5) is 16.2 Å². The highest BCUT2D eigenvalue weighted by molar-refractivity contribution is 5.96. The maximum absolute atomic E-state index is 12.1. The van der Waals surface area contributed by atoms with Crippen LogP contribution < -0.4 is 21.2 Å². The minimum Gasteiger partial charge on any atom is -0.336 e. The maximum Gasteiger partial charge on any atom is 0.348 e. The van der Waals surface area contributed by atoms with Gasteiger partial charge in [-0.3, -0.25) is 9.36 Å². The molecular formula is C20H25N5O3. The average molecular weight is 383 g/mol. The van der Waals surface area contributed by atoms with Crippen LogP contribution in [-0.4, -0.2) is 34.1 Å². The zero-order valence-corrected chi connectivity index (χ0v) is 16.4. The molecule has 1 atom stereocenters. The monoisotopic (exact) mass is 383 g/mol. The molecule has 3 amide bonds. The molecule has 0 aliphatic carbocycles. The van der Waals surface area contributed by atoms with Crippen molar-refractivity contribution in [3.05, 3.63) is 52.2 Å². The molecule has 2 N–H and O–H groups in total. The van der Waals surface area contributed by atoms with Crippen LogP contribution in [0, 0.1) is 13.8 Å². The molecule has 1 aliphatic heterocycles. The van der Waals surface area contributed by atoms with E-state index in [-0.39, 0.29) is 23.7 Å². The number of hydrogen-bond donors (Lipinski definition) is 2. The number of carbonyl (C=O) groups excluding carboxylic acids is 2. The summed E-state index contributed by atoms with van der Waals surface area (Å²) >= 11 is 0. The van der Waals surface area contributed by atoms with Gasteiger partial charge in [-0.25, -0.2) is 9.59 Å². The normalized spacial score (nSPS) is 16.3. The molecule has 1 aromatic heterocycles. The highest BCUT2D eigenvalue weighted by Crippen LogP contribution is 2.27. The van der Waals surface area contributed by atoms with Gasteiger partial charge >= 0.3 is 11.7 Å². The third-order valence-corrected chi connectivity index (χ3v) is 4.86. The Kier molecular flexibility index (Phi) is 5.77. The van der Waals surface area contributed by atoms with Crippen molar-refractivity contribution >= 4 is 23.3 Å². The molecule has 8 nitrogen and oxygen atoms in total. The summed E-state index contributed by atoms with van der Waals surface area (Å²) in [5, 5.41) is 5.48. The van der Waals surface area contributed by atoms with E-state index in [1.807, 2.05) is 32.0 Å². The SMILES string of the molecule is Cc1cc(C)n(CCNC(=O)Nc2ccc(N3C(=O)CC[C@H]3C)cc2)c(=O)n1. The Hall–Kier alpha value is -3.16. The second kappa shape index (κ2) is 8.24. The number of amides is 3. The second-order valence-electron chi connectivity index (χ2n) is 7.05. The summed E-state index contributed by atoms with van der Waals surface area (Å²) in [6, 6.07) is 8.86. The lowest BCUT2D eigenvalue weighted by molar-refractivity contribution is -0.117. The van der Waals surface area contributed by atoms with Gasteiger partial charge < -0.3 is 15.5 Å². The highest BCUT2D eigenvalue weighted by Gasteiger charge is 2.28. The number of hydrogen-bond acceptors (Lipinski definition) is 4. The minimum atomic E-state index is -0.357. The van der Waals surface area contributed by atoms with Crippen LogP contribution in [0.3, 0.4) is 0 Å². The molecular weight excluding hydrogens is 358 g/mol. The third-order valence-electron chi connectivity index (χ3n) is 4.86. The van der Waals surface area contributed by atoms with Crippen molar-refractivity contribution in [3.8, 4) is 0 Å². The molecule has 8 heteroatoms. The molecule has 0 spiro atoms. The zero-order chi connectivity index (χ0) is 20.3. The molecule has 3 rings (SSSR count). The van der Waals surface area contributed by atoms with Crippen LogP contribution in [0.25, 0.3) is 0 Å². The fourth-order valence-electron chi connectivity index (χ4n) is 3.43. The first-order valence-corrected chi connectivity index (χ1v) is 9.37. The summed E-state index contributed by atoms with van der Waals surface area (Å²) in [6.07, 6.45) is 1.43. The van der Waals surface area contributed by atoms with Gasteiger partial charge in [-0.1, -0.05) is 0 Å². The van der Waals surface area contributed by atoms with Crippen molar-refractivity contribution in [3.63, 3.8) is 0 Å². The number of carbonyl (C=O) groups is 2. The average Bonchev–Trinajstić information content (AvgIpc) is 2.96. The smallest absolute Gasteiger partial charge is 0.336 e. The Bertz CT molecular complexity index is 936. The summed E-state index contributed by atoms with van der Waals surface area (Å²) in [5.41, 5.74) is 2.63. The largest absolute Gasteiger partial charge is 0.348 e. The van der Waals surface area contributed by atoms with Gasteiger partial charge in [0.2, 0.25) is 5.91 Å². The Morgan fingerprint density at radius 1 is 1.21 bits per heavy atom. The number of rotatable bonds is 5. The minimum absolute atomic E-state index is 0.127. The molecule has 1 saturated heterocycles. The van der Waals surface area contributed by atoms with E-state index in [4.69, 9.17) is 0 Å². The Labute approximate surface area is 163 Å².